The van der Waals surface area contributed by atoms with Gasteiger partial charge in [0.05, 0.1) is 0 Å². The van der Waals surface area contributed by atoms with E-state index in [0.29, 0.717) is 0 Å². The van der Waals surface area contributed by atoms with Gasteiger partial charge in [0, 0.05) is 16.8 Å². The quantitative estimate of drug-likeness (QED) is 0.238. The van der Waals surface area contributed by atoms with Crippen molar-refractivity contribution < 1.29 is 0 Å². The van der Waals surface area contributed by atoms with Crippen LogP contribution in [0.4, 0.5) is 11.4 Å². The van der Waals surface area contributed by atoms with Gasteiger partial charge in [0.25, 0.3) is 0 Å². The number of nitrogens with two attached hydrogens (primary N) is 2. The van der Waals surface area contributed by atoms with Gasteiger partial charge in [-0.05, 0) is 107 Å². The number of nitrogen functional groups attached to an aromatic ring is 2. The topological polar surface area (TPSA) is 52.0 Å². The standard InChI is InChI=1S/C36H42N2/c1-3-28-24-32(14-12-30(28)22-26-8-16-34(37)17-9-26)36(20-6-5-7-21-36)33-15-13-31(29(4-2)25-33)23-27-10-18-35(38)19-11-27/h8-19,24-25H,3-7,20-23,37-38H2,1-2H3. The van der Waals surface area contributed by atoms with Crippen LogP contribution in [0.5, 0.6) is 0 Å². The van der Waals surface area contributed by atoms with Crippen molar-refractivity contribution in [3.05, 3.63) is 129 Å². The van der Waals surface area contributed by atoms with Crippen molar-refractivity contribution in [1.82, 2.24) is 0 Å². The van der Waals surface area contributed by atoms with Gasteiger partial charge in [0.15, 0.2) is 0 Å². The van der Waals surface area contributed by atoms with Crippen molar-refractivity contribution in [2.45, 2.75) is 77.0 Å². The Kier molecular flexibility index (Phi) is 7.88. The second-order valence-electron chi connectivity index (χ2n) is 11.2. The summed E-state index contributed by atoms with van der Waals surface area (Å²) in [5.74, 6) is 0. The molecule has 0 spiro atoms. The zero-order valence-corrected chi connectivity index (χ0v) is 23.1. The molecule has 1 fully saturated rings. The van der Waals surface area contributed by atoms with Crippen LogP contribution in [0.1, 0.15) is 90.5 Å². The minimum absolute atomic E-state index is 0.103. The van der Waals surface area contributed by atoms with Gasteiger partial charge in [0.2, 0.25) is 0 Å². The van der Waals surface area contributed by atoms with Gasteiger partial charge >= 0.3 is 0 Å². The lowest BCUT2D eigenvalue weighted by Gasteiger charge is -2.39. The average Bonchev–Trinajstić information content (AvgIpc) is 2.96. The Bertz CT molecular complexity index is 1260. The van der Waals surface area contributed by atoms with Crippen molar-refractivity contribution >= 4 is 11.4 Å². The van der Waals surface area contributed by atoms with Crippen LogP contribution in [-0.2, 0) is 31.1 Å². The summed E-state index contributed by atoms with van der Waals surface area (Å²) in [7, 11) is 0. The van der Waals surface area contributed by atoms with Gasteiger partial charge in [-0.3, -0.25) is 0 Å². The molecule has 0 atom stereocenters. The first-order valence-electron chi connectivity index (χ1n) is 14.4. The lowest BCUT2D eigenvalue weighted by atomic mass is 9.64. The third-order valence-corrected chi connectivity index (χ3v) is 8.74. The molecule has 2 nitrogen and oxygen atoms in total. The first kappa shape index (κ1) is 26.1. The summed E-state index contributed by atoms with van der Waals surface area (Å²) in [4.78, 5) is 0. The molecule has 0 aliphatic heterocycles. The molecule has 0 bridgehead atoms. The van der Waals surface area contributed by atoms with E-state index in [1.165, 1.54) is 76.6 Å². The van der Waals surface area contributed by atoms with Gasteiger partial charge in [0.1, 0.15) is 0 Å². The number of hydrogen-bond donors (Lipinski definition) is 2. The molecule has 2 heteroatoms. The number of rotatable bonds is 8. The maximum atomic E-state index is 5.92. The van der Waals surface area contributed by atoms with E-state index in [-0.39, 0.29) is 5.41 Å². The molecule has 4 N–H and O–H groups in total. The molecule has 0 heterocycles. The first-order valence-corrected chi connectivity index (χ1v) is 14.4. The maximum absolute atomic E-state index is 5.92. The summed E-state index contributed by atoms with van der Waals surface area (Å²) in [6.45, 7) is 4.58. The minimum atomic E-state index is 0.103. The van der Waals surface area contributed by atoms with Gasteiger partial charge in [-0.1, -0.05) is 93.8 Å². The zero-order valence-electron chi connectivity index (χ0n) is 23.1. The fourth-order valence-corrected chi connectivity index (χ4v) is 6.46. The highest BCUT2D eigenvalue weighted by Gasteiger charge is 2.36. The predicted molar refractivity (Wildman–Crippen MR) is 163 cm³/mol. The lowest BCUT2D eigenvalue weighted by Crippen LogP contribution is -2.31. The van der Waals surface area contributed by atoms with E-state index >= 15 is 0 Å². The van der Waals surface area contributed by atoms with Crippen molar-refractivity contribution in [3.63, 3.8) is 0 Å². The van der Waals surface area contributed by atoms with Crippen LogP contribution in [-0.4, -0.2) is 0 Å². The summed E-state index contributed by atoms with van der Waals surface area (Å²) in [6, 6.07) is 31.4. The summed E-state index contributed by atoms with van der Waals surface area (Å²) in [6.07, 6.45) is 10.4. The molecular formula is C36H42N2. The fourth-order valence-electron chi connectivity index (χ4n) is 6.46. The summed E-state index contributed by atoms with van der Waals surface area (Å²) in [5, 5.41) is 0. The van der Waals surface area contributed by atoms with Gasteiger partial charge in [-0.2, -0.15) is 0 Å². The lowest BCUT2D eigenvalue weighted by molar-refractivity contribution is 0.345. The normalized spacial score (nSPS) is 14.9. The minimum Gasteiger partial charge on any atom is -0.399 e. The Morgan fingerprint density at radius 3 is 1.34 bits per heavy atom. The zero-order chi connectivity index (χ0) is 26.5. The smallest absolute Gasteiger partial charge is 0.0314 e. The van der Waals surface area contributed by atoms with Crippen molar-refractivity contribution in [2.24, 2.45) is 0 Å². The molecule has 196 valence electrons. The van der Waals surface area contributed by atoms with E-state index in [0.717, 1.165) is 37.1 Å². The van der Waals surface area contributed by atoms with Gasteiger partial charge < -0.3 is 11.5 Å². The van der Waals surface area contributed by atoms with Gasteiger partial charge in [-0.25, -0.2) is 0 Å². The molecule has 4 aromatic rings. The Morgan fingerprint density at radius 2 is 0.947 bits per heavy atom. The van der Waals surface area contributed by atoms with Crippen molar-refractivity contribution in [1.29, 1.82) is 0 Å². The molecule has 38 heavy (non-hydrogen) atoms. The van der Waals surface area contributed by atoms with Gasteiger partial charge in [-0.15, -0.1) is 0 Å². The van der Waals surface area contributed by atoms with Crippen LogP contribution in [0, 0.1) is 0 Å². The highest BCUT2D eigenvalue weighted by molar-refractivity contribution is 5.49. The number of aryl methyl sites for hydroxylation is 2. The highest BCUT2D eigenvalue weighted by atomic mass is 14.5. The number of hydrogen-bond acceptors (Lipinski definition) is 2. The summed E-state index contributed by atoms with van der Waals surface area (Å²) >= 11 is 0. The molecule has 1 aliphatic rings. The molecule has 0 radical (unpaired) electrons. The second kappa shape index (κ2) is 11.5. The van der Waals surface area contributed by atoms with Crippen molar-refractivity contribution in [2.75, 3.05) is 11.5 Å². The summed E-state index contributed by atoms with van der Waals surface area (Å²) < 4.78 is 0. The Morgan fingerprint density at radius 1 is 0.526 bits per heavy atom. The first-order chi connectivity index (χ1) is 18.5. The number of anilines is 2. The van der Waals surface area contributed by atoms with E-state index in [1.807, 2.05) is 24.3 Å². The summed E-state index contributed by atoms with van der Waals surface area (Å²) in [5.41, 5.74) is 25.0. The van der Waals surface area contributed by atoms with Crippen LogP contribution >= 0.6 is 0 Å². The molecule has 5 rings (SSSR count). The van der Waals surface area contributed by atoms with Crippen LogP contribution in [0.15, 0.2) is 84.9 Å². The second-order valence-corrected chi connectivity index (χ2v) is 11.2. The van der Waals surface area contributed by atoms with E-state index < -0.39 is 0 Å². The Hall–Kier alpha value is -3.52. The van der Waals surface area contributed by atoms with E-state index in [4.69, 9.17) is 11.5 Å². The maximum Gasteiger partial charge on any atom is 0.0314 e. The molecule has 1 aliphatic carbocycles. The molecule has 0 aromatic heterocycles. The highest BCUT2D eigenvalue weighted by Crippen LogP contribution is 2.46. The van der Waals surface area contributed by atoms with Crippen LogP contribution < -0.4 is 11.5 Å². The van der Waals surface area contributed by atoms with E-state index in [9.17, 15) is 0 Å². The monoisotopic (exact) mass is 502 g/mol. The SMILES string of the molecule is CCc1cc(C2(c3ccc(Cc4ccc(N)cc4)c(CC)c3)CCCCC2)ccc1Cc1ccc(N)cc1. The molecule has 1 saturated carbocycles. The molecular weight excluding hydrogens is 460 g/mol. The van der Waals surface area contributed by atoms with Crippen LogP contribution in [0.2, 0.25) is 0 Å². The average molecular weight is 503 g/mol. The number of benzene rings is 4. The third-order valence-electron chi connectivity index (χ3n) is 8.74. The van der Waals surface area contributed by atoms with Crippen LogP contribution in [0.3, 0.4) is 0 Å². The van der Waals surface area contributed by atoms with Crippen LogP contribution in [0.25, 0.3) is 0 Å². The molecule has 0 saturated heterocycles. The molecule has 4 aromatic carbocycles. The molecule has 0 amide bonds. The Labute approximate surface area is 229 Å². The van der Waals surface area contributed by atoms with Crippen molar-refractivity contribution in [3.8, 4) is 0 Å². The molecule has 0 unspecified atom stereocenters. The fraction of sp³-hybridized carbons (Fsp3) is 0.333. The predicted octanol–water partition coefficient (Wildman–Crippen LogP) is 8.41. The third kappa shape index (κ3) is 5.50. The van der Waals surface area contributed by atoms with E-state index in [2.05, 4.69) is 74.5 Å². The Balaban J connectivity index is 1.50. The van der Waals surface area contributed by atoms with E-state index in [1.54, 1.807) is 0 Å². The largest absolute Gasteiger partial charge is 0.399 e.